The summed E-state index contributed by atoms with van der Waals surface area (Å²) in [6.45, 7) is 9.79. The predicted octanol–water partition coefficient (Wildman–Crippen LogP) is 2.79. The van der Waals surface area contributed by atoms with Crippen LogP contribution >= 0.6 is 0 Å². The molecule has 1 atom stereocenters. The molecule has 25 heavy (non-hydrogen) atoms. The first kappa shape index (κ1) is 20.5. The lowest BCUT2D eigenvalue weighted by Crippen LogP contribution is -2.32. The van der Waals surface area contributed by atoms with Crippen LogP contribution < -0.4 is 15.8 Å². The second kappa shape index (κ2) is 10.3. The van der Waals surface area contributed by atoms with Gasteiger partial charge in [0, 0.05) is 18.0 Å². The Labute approximate surface area is 148 Å². The average molecular weight is 342 g/mol. The van der Waals surface area contributed by atoms with Gasteiger partial charge >= 0.3 is 0 Å². The van der Waals surface area contributed by atoms with Gasteiger partial charge in [0.15, 0.2) is 0 Å². The summed E-state index contributed by atoms with van der Waals surface area (Å²) >= 11 is 0. The van der Waals surface area contributed by atoms with Crippen LogP contribution in [0.25, 0.3) is 12.2 Å². The van der Waals surface area contributed by atoms with Gasteiger partial charge in [-0.2, -0.15) is 0 Å². The van der Waals surface area contributed by atoms with Crippen molar-refractivity contribution < 1.29 is 9.59 Å². The Balaban J connectivity index is 3.03. The fourth-order valence-corrected chi connectivity index (χ4v) is 2.64. The third kappa shape index (κ3) is 6.45. The van der Waals surface area contributed by atoms with Crippen molar-refractivity contribution in [3.63, 3.8) is 0 Å². The standard InChI is InChI=1S/C20H26N2O3/c1-5-7-9-18-14(3)12-17(13-16(18)8-6-2)15(4)21-19(23)10-11-20(24)22-25/h5,8-9,12-13,15H,1,6-7,10-11H2,2-4H3,(H,21,23)/b16-8-,18-9-. The monoisotopic (exact) mass is 342 g/mol. The van der Waals surface area contributed by atoms with Gasteiger partial charge in [-0.05, 0) is 54.3 Å². The topological polar surface area (TPSA) is 75.6 Å². The Hall–Kier alpha value is -2.56. The Morgan fingerprint density at radius 1 is 1.28 bits per heavy atom. The first-order valence-electron chi connectivity index (χ1n) is 8.50. The van der Waals surface area contributed by atoms with Crippen molar-refractivity contribution in [1.29, 1.82) is 0 Å². The Bertz CT molecular complexity index is 766. The smallest absolute Gasteiger partial charge is 0.286 e. The first-order chi connectivity index (χ1) is 11.9. The fraction of sp³-hybridized carbons (Fsp3) is 0.400. The Morgan fingerprint density at radius 2 is 2.00 bits per heavy atom. The number of nitrogens with zero attached hydrogens (tertiary/aromatic N) is 1. The molecule has 0 aliphatic carbocycles. The summed E-state index contributed by atoms with van der Waals surface area (Å²) in [5, 5.41) is 7.48. The number of hydrogen-bond donors (Lipinski definition) is 1. The van der Waals surface area contributed by atoms with Gasteiger partial charge in [-0.1, -0.05) is 31.2 Å². The van der Waals surface area contributed by atoms with Crippen LogP contribution in [0, 0.1) is 11.8 Å². The molecule has 2 amide bonds. The number of nitroso groups, excluding NO2 is 1. The second-order valence-electron chi connectivity index (χ2n) is 5.96. The normalized spacial score (nSPS) is 13.4. The highest BCUT2D eigenvalue weighted by atomic mass is 16.3. The van der Waals surface area contributed by atoms with E-state index in [0.717, 1.165) is 29.2 Å². The Morgan fingerprint density at radius 3 is 2.60 bits per heavy atom. The van der Waals surface area contributed by atoms with Gasteiger partial charge in [-0.3, -0.25) is 9.59 Å². The zero-order valence-corrected chi connectivity index (χ0v) is 15.2. The quantitative estimate of drug-likeness (QED) is 0.583. The maximum absolute atomic E-state index is 11.9. The number of hydrogen-bond acceptors (Lipinski definition) is 3. The molecule has 134 valence electrons. The van der Waals surface area contributed by atoms with Crippen LogP contribution in [0.1, 0.15) is 56.7 Å². The lowest BCUT2D eigenvalue weighted by Gasteiger charge is -2.15. The number of benzene rings is 1. The summed E-state index contributed by atoms with van der Waals surface area (Å²) in [4.78, 5) is 32.9. The summed E-state index contributed by atoms with van der Waals surface area (Å²) in [7, 11) is 0. The summed E-state index contributed by atoms with van der Waals surface area (Å²) in [5.41, 5.74) is 2.14. The number of carbonyl (C=O) groups excluding carboxylic acids is 2. The number of allylic oxidation sites excluding steroid dienone is 1. The van der Waals surface area contributed by atoms with E-state index in [9.17, 15) is 14.5 Å². The highest BCUT2D eigenvalue weighted by molar-refractivity contribution is 5.84. The van der Waals surface area contributed by atoms with Gasteiger partial charge < -0.3 is 5.32 Å². The van der Waals surface area contributed by atoms with Crippen molar-refractivity contribution in [1.82, 2.24) is 5.32 Å². The molecule has 0 aliphatic heterocycles. The molecule has 0 fully saturated rings. The Kier molecular flexibility index (Phi) is 8.47. The van der Waals surface area contributed by atoms with Crippen LogP contribution in [-0.2, 0) is 9.59 Å². The van der Waals surface area contributed by atoms with E-state index in [4.69, 9.17) is 0 Å². The van der Waals surface area contributed by atoms with Gasteiger partial charge in [0.2, 0.25) is 5.91 Å². The van der Waals surface area contributed by atoms with Crippen LogP contribution in [0.2, 0.25) is 0 Å². The highest BCUT2D eigenvalue weighted by Crippen LogP contribution is 2.11. The second-order valence-corrected chi connectivity index (χ2v) is 5.96. The molecule has 1 rings (SSSR count). The molecule has 0 saturated carbocycles. The van der Waals surface area contributed by atoms with Crippen LogP contribution in [0.4, 0.5) is 0 Å². The number of nitrogens with one attached hydrogen (secondary N) is 1. The first-order valence-corrected chi connectivity index (χ1v) is 8.50. The van der Waals surface area contributed by atoms with Crippen LogP contribution in [-0.4, -0.2) is 11.8 Å². The average Bonchev–Trinajstić information content (AvgIpc) is 2.58. The van der Waals surface area contributed by atoms with E-state index in [-0.39, 0.29) is 24.8 Å². The molecular weight excluding hydrogens is 316 g/mol. The predicted molar refractivity (Wildman–Crippen MR) is 101 cm³/mol. The highest BCUT2D eigenvalue weighted by Gasteiger charge is 2.12. The van der Waals surface area contributed by atoms with Crippen molar-refractivity contribution in [2.75, 3.05) is 0 Å². The molecule has 1 aromatic carbocycles. The minimum absolute atomic E-state index is 0.0347. The van der Waals surface area contributed by atoms with Crippen LogP contribution in [0.3, 0.4) is 0 Å². The van der Waals surface area contributed by atoms with Crippen molar-refractivity contribution in [3.05, 3.63) is 51.3 Å². The van der Waals surface area contributed by atoms with E-state index in [2.05, 4.69) is 48.3 Å². The van der Waals surface area contributed by atoms with Gasteiger partial charge in [-0.15, -0.1) is 11.5 Å². The third-order valence-corrected chi connectivity index (χ3v) is 3.90. The van der Waals surface area contributed by atoms with Crippen LogP contribution in [0.15, 0.2) is 30.0 Å². The molecule has 0 radical (unpaired) electrons. The molecule has 1 aromatic rings. The molecule has 5 nitrogen and oxygen atoms in total. The maximum atomic E-state index is 11.9. The molecule has 0 spiro atoms. The van der Waals surface area contributed by atoms with Gasteiger partial charge in [0.05, 0.1) is 6.04 Å². The van der Waals surface area contributed by atoms with E-state index in [1.165, 1.54) is 5.22 Å². The molecular formula is C20H26N2O3. The molecule has 0 saturated heterocycles. The van der Waals surface area contributed by atoms with E-state index in [1.807, 2.05) is 19.9 Å². The summed E-state index contributed by atoms with van der Waals surface area (Å²) in [6, 6.07) is 3.95. The van der Waals surface area contributed by atoms with E-state index < -0.39 is 5.91 Å². The summed E-state index contributed by atoms with van der Waals surface area (Å²) in [5.74, 6) is -1.08. The molecule has 0 heterocycles. The largest absolute Gasteiger partial charge is 0.350 e. The van der Waals surface area contributed by atoms with E-state index in [1.54, 1.807) is 0 Å². The van der Waals surface area contributed by atoms with Crippen molar-refractivity contribution in [3.8, 4) is 0 Å². The van der Waals surface area contributed by atoms with Gasteiger partial charge in [0.25, 0.3) is 5.91 Å². The molecule has 0 aromatic heterocycles. The molecule has 1 N–H and O–H groups in total. The zero-order chi connectivity index (χ0) is 18.8. The zero-order valence-electron chi connectivity index (χ0n) is 15.2. The van der Waals surface area contributed by atoms with Crippen LogP contribution in [0.5, 0.6) is 0 Å². The molecule has 0 bridgehead atoms. The number of rotatable bonds is 8. The summed E-state index contributed by atoms with van der Waals surface area (Å²) < 4.78 is 0. The van der Waals surface area contributed by atoms with Crippen molar-refractivity contribution >= 4 is 24.0 Å². The van der Waals surface area contributed by atoms with Crippen molar-refractivity contribution in [2.24, 2.45) is 5.18 Å². The number of amides is 2. The minimum Gasteiger partial charge on any atom is -0.350 e. The summed E-state index contributed by atoms with van der Waals surface area (Å²) in [6.07, 6.45) is 7.69. The lowest BCUT2D eigenvalue weighted by molar-refractivity contribution is -0.125. The number of aryl methyl sites for hydroxylation is 1. The van der Waals surface area contributed by atoms with E-state index in [0.29, 0.717) is 0 Å². The molecule has 5 heteroatoms. The minimum atomic E-state index is -0.805. The molecule has 0 aliphatic rings. The third-order valence-electron chi connectivity index (χ3n) is 3.90. The van der Waals surface area contributed by atoms with Crippen molar-refractivity contribution in [2.45, 2.75) is 52.5 Å². The van der Waals surface area contributed by atoms with E-state index >= 15 is 0 Å². The lowest BCUT2D eigenvalue weighted by atomic mass is 10.0. The number of carbonyl (C=O) groups is 2. The maximum Gasteiger partial charge on any atom is 0.286 e. The van der Waals surface area contributed by atoms with Gasteiger partial charge in [0.1, 0.15) is 0 Å². The fourth-order valence-electron chi connectivity index (χ4n) is 2.64. The van der Waals surface area contributed by atoms with Gasteiger partial charge in [-0.25, -0.2) is 0 Å². The molecule has 1 unspecified atom stereocenters. The SMILES string of the molecule is C=CC/C=c1/c(C)cc(C(C)NC(=O)CCC(=O)N=O)c/c1=C/CC.